The second kappa shape index (κ2) is 5.52. The lowest BCUT2D eigenvalue weighted by Crippen LogP contribution is -2.49. The van der Waals surface area contributed by atoms with Crippen LogP contribution in [0.4, 0.5) is 5.69 Å². The van der Waals surface area contributed by atoms with Crippen molar-refractivity contribution >= 4 is 5.69 Å². The molecule has 0 spiro atoms. The average molecular weight is 234 g/mol. The smallest absolute Gasteiger partial charge is 0.0573 e. The average Bonchev–Trinajstić information content (AvgIpc) is 2.41. The minimum atomic E-state index is 0.0520. The van der Waals surface area contributed by atoms with Crippen molar-refractivity contribution in [3.63, 3.8) is 0 Å². The Kier molecular flexibility index (Phi) is 4.02. The van der Waals surface area contributed by atoms with Crippen LogP contribution in [0.5, 0.6) is 0 Å². The van der Waals surface area contributed by atoms with E-state index in [4.69, 9.17) is 10.5 Å². The van der Waals surface area contributed by atoms with Gasteiger partial charge >= 0.3 is 0 Å². The molecule has 3 heteroatoms. The predicted octanol–water partition coefficient (Wildman–Crippen LogP) is 2.39. The van der Waals surface area contributed by atoms with Gasteiger partial charge in [-0.05, 0) is 37.8 Å². The first-order chi connectivity index (χ1) is 8.28. The summed E-state index contributed by atoms with van der Waals surface area (Å²) < 4.78 is 5.41. The van der Waals surface area contributed by atoms with E-state index in [-0.39, 0.29) is 5.54 Å². The van der Waals surface area contributed by atoms with E-state index in [1.807, 2.05) is 18.2 Å². The van der Waals surface area contributed by atoms with E-state index >= 15 is 0 Å². The molecule has 0 heterocycles. The Morgan fingerprint density at radius 1 is 1.29 bits per heavy atom. The molecule has 0 atom stereocenters. The van der Waals surface area contributed by atoms with Crippen LogP contribution in [0.2, 0.25) is 0 Å². The number of nitrogens with one attached hydrogen (secondary N) is 1. The van der Waals surface area contributed by atoms with Crippen molar-refractivity contribution in [3.8, 4) is 0 Å². The Hall–Kier alpha value is -1.06. The van der Waals surface area contributed by atoms with E-state index in [9.17, 15) is 0 Å². The van der Waals surface area contributed by atoms with Gasteiger partial charge in [0.25, 0.3) is 0 Å². The first kappa shape index (κ1) is 12.4. The largest absolute Gasteiger partial charge is 0.381 e. The summed E-state index contributed by atoms with van der Waals surface area (Å²) in [5, 5.41) is 3.61. The summed E-state index contributed by atoms with van der Waals surface area (Å²) in [6.07, 6.45) is 4.75. The number of benzene rings is 1. The second-order valence-electron chi connectivity index (χ2n) is 4.91. The third kappa shape index (κ3) is 2.99. The van der Waals surface area contributed by atoms with Crippen LogP contribution in [-0.4, -0.2) is 25.3 Å². The zero-order valence-corrected chi connectivity index (χ0v) is 10.5. The summed E-state index contributed by atoms with van der Waals surface area (Å²) in [6, 6.07) is 10.3. The van der Waals surface area contributed by atoms with Crippen molar-refractivity contribution in [2.24, 2.45) is 5.73 Å². The van der Waals surface area contributed by atoms with E-state index in [0.29, 0.717) is 12.6 Å². The quantitative estimate of drug-likeness (QED) is 0.841. The number of methoxy groups -OCH3 is 1. The molecule has 1 aliphatic carbocycles. The molecule has 0 aliphatic heterocycles. The molecule has 1 aromatic rings. The van der Waals surface area contributed by atoms with Crippen LogP contribution in [0, 0.1) is 0 Å². The fourth-order valence-electron chi connectivity index (χ4n) is 2.59. The molecule has 2 rings (SSSR count). The van der Waals surface area contributed by atoms with E-state index < -0.39 is 0 Å². The number of anilines is 1. The van der Waals surface area contributed by atoms with E-state index in [2.05, 4.69) is 17.4 Å². The maximum atomic E-state index is 5.97. The number of nitrogens with two attached hydrogens (primary N) is 1. The van der Waals surface area contributed by atoms with E-state index in [1.54, 1.807) is 7.11 Å². The van der Waals surface area contributed by atoms with Crippen LogP contribution < -0.4 is 11.1 Å². The van der Waals surface area contributed by atoms with Crippen LogP contribution in [-0.2, 0) is 4.74 Å². The lowest BCUT2D eigenvalue weighted by molar-refractivity contribution is 0.0550. The number of hydrogen-bond acceptors (Lipinski definition) is 3. The van der Waals surface area contributed by atoms with Gasteiger partial charge in [-0.3, -0.25) is 0 Å². The van der Waals surface area contributed by atoms with Gasteiger partial charge in [0.1, 0.15) is 0 Å². The van der Waals surface area contributed by atoms with Crippen molar-refractivity contribution in [2.75, 3.05) is 19.0 Å². The van der Waals surface area contributed by atoms with E-state index in [1.165, 1.54) is 0 Å². The normalized spacial score (nSPS) is 28.9. The third-order valence-electron chi connectivity index (χ3n) is 3.80. The summed E-state index contributed by atoms with van der Waals surface area (Å²) in [5.41, 5.74) is 7.18. The molecule has 0 radical (unpaired) electrons. The minimum Gasteiger partial charge on any atom is -0.381 e. The number of ether oxygens (including phenoxy) is 1. The van der Waals surface area contributed by atoms with Gasteiger partial charge in [0.15, 0.2) is 0 Å². The van der Waals surface area contributed by atoms with Gasteiger partial charge in [0.2, 0.25) is 0 Å². The molecule has 0 unspecified atom stereocenters. The molecular formula is C14H22N2O. The maximum absolute atomic E-state index is 5.97. The van der Waals surface area contributed by atoms with Gasteiger partial charge in [0.05, 0.1) is 6.10 Å². The lowest BCUT2D eigenvalue weighted by atomic mass is 9.80. The maximum Gasteiger partial charge on any atom is 0.0573 e. The third-order valence-corrected chi connectivity index (χ3v) is 3.80. The standard InChI is InChI=1S/C14H22N2O/c1-17-13-7-9-14(11-15,10-8-13)16-12-5-3-2-4-6-12/h2-6,13,16H,7-11,15H2,1H3. The van der Waals surface area contributed by atoms with Gasteiger partial charge in [-0.2, -0.15) is 0 Å². The van der Waals surface area contributed by atoms with Gasteiger partial charge in [-0.15, -0.1) is 0 Å². The molecule has 17 heavy (non-hydrogen) atoms. The summed E-state index contributed by atoms with van der Waals surface area (Å²) >= 11 is 0. The van der Waals surface area contributed by atoms with Crippen molar-refractivity contribution in [1.29, 1.82) is 0 Å². The number of rotatable bonds is 4. The highest BCUT2D eigenvalue weighted by atomic mass is 16.5. The lowest BCUT2D eigenvalue weighted by Gasteiger charge is -2.40. The topological polar surface area (TPSA) is 47.3 Å². The second-order valence-corrected chi connectivity index (χ2v) is 4.91. The Labute approximate surface area is 103 Å². The zero-order chi connectivity index (χ0) is 12.1. The summed E-state index contributed by atoms with van der Waals surface area (Å²) in [4.78, 5) is 0. The highest BCUT2D eigenvalue weighted by Gasteiger charge is 2.33. The van der Waals surface area contributed by atoms with Crippen molar-refractivity contribution in [1.82, 2.24) is 0 Å². The molecule has 1 aliphatic rings. The first-order valence-corrected chi connectivity index (χ1v) is 6.34. The fraction of sp³-hybridized carbons (Fsp3) is 0.571. The van der Waals surface area contributed by atoms with Gasteiger partial charge in [-0.25, -0.2) is 0 Å². The summed E-state index contributed by atoms with van der Waals surface area (Å²) in [5.74, 6) is 0. The molecule has 3 nitrogen and oxygen atoms in total. The summed E-state index contributed by atoms with van der Waals surface area (Å²) in [7, 11) is 1.80. The SMILES string of the molecule is COC1CCC(CN)(Nc2ccccc2)CC1. The molecule has 1 fully saturated rings. The molecular weight excluding hydrogens is 212 g/mol. The molecule has 1 saturated carbocycles. The Balaban J connectivity index is 2.01. The van der Waals surface area contributed by atoms with Crippen molar-refractivity contribution in [2.45, 2.75) is 37.3 Å². The molecule has 0 amide bonds. The van der Waals surface area contributed by atoms with Crippen LogP contribution >= 0.6 is 0 Å². The predicted molar refractivity (Wildman–Crippen MR) is 71.1 cm³/mol. The van der Waals surface area contributed by atoms with Gasteiger partial charge in [0, 0.05) is 24.9 Å². The first-order valence-electron chi connectivity index (χ1n) is 6.34. The molecule has 0 aromatic heterocycles. The van der Waals surface area contributed by atoms with E-state index in [0.717, 1.165) is 31.4 Å². The Morgan fingerprint density at radius 3 is 2.47 bits per heavy atom. The number of hydrogen-bond donors (Lipinski definition) is 2. The van der Waals surface area contributed by atoms with Crippen LogP contribution in [0.1, 0.15) is 25.7 Å². The molecule has 0 saturated heterocycles. The molecule has 1 aromatic carbocycles. The van der Waals surface area contributed by atoms with Crippen molar-refractivity contribution in [3.05, 3.63) is 30.3 Å². The van der Waals surface area contributed by atoms with Crippen molar-refractivity contribution < 1.29 is 4.74 Å². The Bertz CT molecular complexity index is 331. The number of para-hydroxylation sites is 1. The van der Waals surface area contributed by atoms with Crippen LogP contribution in [0.25, 0.3) is 0 Å². The highest BCUT2D eigenvalue weighted by Crippen LogP contribution is 2.32. The monoisotopic (exact) mass is 234 g/mol. The van der Waals surface area contributed by atoms with Crippen LogP contribution in [0.15, 0.2) is 30.3 Å². The summed E-state index contributed by atoms with van der Waals surface area (Å²) in [6.45, 7) is 0.679. The molecule has 0 bridgehead atoms. The molecule has 94 valence electrons. The zero-order valence-electron chi connectivity index (χ0n) is 10.5. The van der Waals surface area contributed by atoms with Gasteiger partial charge in [-0.1, -0.05) is 18.2 Å². The highest BCUT2D eigenvalue weighted by molar-refractivity contribution is 5.45. The fourth-order valence-corrected chi connectivity index (χ4v) is 2.59. The van der Waals surface area contributed by atoms with Crippen LogP contribution in [0.3, 0.4) is 0 Å². The molecule has 3 N–H and O–H groups in total. The van der Waals surface area contributed by atoms with Gasteiger partial charge < -0.3 is 15.8 Å². The minimum absolute atomic E-state index is 0.0520. The Morgan fingerprint density at radius 2 is 1.94 bits per heavy atom.